The Morgan fingerprint density at radius 3 is 2.63 bits per heavy atom. The maximum Gasteiger partial charge on any atom is 0.341 e. The molecule has 0 bridgehead atoms. The first-order chi connectivity index (χ1) is 16.8. The van der Waals surface area contributed by atoms with E-state index in [1.165, 1.54) is 23.1 Å². The van der Waals surface area contributed by atoms with Crippen LogP contribution in [0, 0.1) is 0 Å². The van der Waals surface area contributed by atoms with Gasteiger partial charge in [0.1, 0.15) is 5.00 Å². The molecule has 0 aliphatic heterocycles. The van der Waals surface area contributed by atoms with Gasteiger partial charge in [-0.1, -0.05) is 13.0 Å². The minimum atomic E-state index is -1.21. The lowest BCUT2D eigenvalue weighted by molar-refractivity contribution is -0.131. The second kappa shape index (κ2) is 12.6. The van der Waals surface area contributed by atoms with Gasteiger partial charge in [0.15, 0.2) is 0 Å². The zero-order chi connectivity index (χ0) is 25.4. The van der Waals surface area contributed by atoms with Crippen LogP contribution in [0.25, 0.3) is 0 Å². The van der Waals surface area contributed by atoms with Crippen molar-refractivity contribution in [2.24, 2.45) is 0 Å². The summed E-state index contributed by atoms with van der Waals surface area (Å²) in [7, 11) is 0. The minimum absolute atomic E-state index is 0.208. The molecule has 0 spiro atoms. The molecule has 1 unspecified atom stereocenters. The SMILES string of the molecule is CCOC(=O)c1c(NC(=O)C(CC)Sc2cccc(NC(=O)/C=C/C(=O)O)c2)sc2c1CCCC2. The van der Waals surface area contributed by atoms with Crippen molar-refractivity contribution >= 4 is 57.5 Å². The zero-order valence-electron chi connectivity index (χ0n) is 19.6. The van der Waals surface area contributed by atoms with Crippen molar-refractivity contribution in [1.29, 1.82) is 0 Å². The number of aryl methyl sites for hydroxylation is 1. The first-order valence-electron chi connectivity index (χ1n) is 11.4. The Hall–Kier alpha value is -3.11. The molecular formula is C25H28N2O6S2. The number of nitrogens with one attached hydrogen (secondary N) is 2. The number of esters is 1. The first-order valence-corrected chi connectivity index (χ1v) is 13.1. The van der Waals surface area contributed by atoms with Gasteiger partial charge in [-0.05, 0) is 62.8 Å². The Balaban J connectivity index is 1.73. The largest absolute Gasteiger partial charge is 0.478 e. The van der Waals surface area contributed by atoms with E-state index in [0.29, 0.717) is 22.7 Å². The van der Waals surface area contributed by atoms with E-state index in [9.17, 15) is 19.2 Å². The number of benzene rings is 1. The van der Waals surface area contributed by atoms with Crippen LogP contribution in [0.5, 0.6) is 0 Å². The Morgan fingerprint density at radius 2 is 1.91 bits per heavy atom. The zero-order valence-corrected chi connectivity index (χ0v) is 21.2. The van der Waals surface area contributed by atoms with Crippen LogP contribution in [0.15, 0.2) is 41.3 Å². The molecule has 3 N–H and O–H groups in total. The van der Waals surface area contributed by atoms with Gasteiger partial charge in [-0.15, -0.1) is 23.1 Å². The van der Waals surface area contributed by atoms with Gasteiger partial charge in [0, 0.05) is 27.6 Å². The van der Waals surface area contributed by atoms with Gasteiger partial charge in [-0.25, -0.2) is 9.59 Å². The fourth-order valence-electron chi connectivity index (χ4n) is 3.73. The molecule has 2 amide bonds. The number of hydrogen-bond acceptors (Lipinski definition) is 7. The molecule has 1 heterocycles. The van der Waals surface area contributed by atoms with Crippen LogP contribution in [0.3, 0.4) is 0 Å². The first kappa shape index (κ1) is 26.5. The smallest absolute Gasteiger partial charge is 0.341 e. The van der Waals surface area contributed by atoms with Crippen molar-refractivity contribution in [3.05, 3.63) is 52.4 Å². The van der Waals surface area contributed by atoms with Crippen LogP contribution in [-0.2, 0) is 32.0 Å². The van der Waals surface area contributed by atoms with Gasteiger partial charge in [0.2, 0.25) is 11.8 Å². The van der Waals surface area contributed by atoms with E-state index in [1.807, 2.05) is 13.0 Å². The fourth-order valence-corrected chi connectivity index (χ4v) is 6.02. The van der Waals surface area contributed by atoms with Gasteiger partial charge in [-0.3, -0.25) is 9.59 Å². The highest BCUT2D eigenvalue weighted by Gasteiger charge is 2.28. The van der Waals surface area contributed by atoms with Gasteiger partial charge >= 0.3 is 11.9 Å². The van der Waals surface area contributed by atoms with E-state index in [4.69, 9.17) is 9.84 Å². The van der Waals surface area contributed by atoms with Crippen molar-refractivity contribution in [3.8, 4) is 0 Å². The van der Waals surface area contributed by atoms with E-state index < -0.39 is 23.1 Å². The molecule has 3 rings (SSSR count). The van der Waals surface area contributed by atoms with E-state index >= 15 is 0 Å². The lowest BCUT2D eigenvalue weighted by atomic mass is 9.95. The third-order valence-corrected chi connectivity index (χ3v) is 7.87. The van der Waals surface area contributed by atoms with E-state index in [2.05, 4.69) is 10.6 Å². The van der Waals surface area contributed by atoms with Crippen molar-refractivity contribution in [1.82, 2.24) is 0 Å². The Bertz CT molecular complexity index is 1140. The topological polar surface area (TPSA) is 122 Å². The molecule has 0 radical (unpaired) electrons. The third-order valence-electron chi connectivity index (χ3n) is 5.31. The molecule has 186 valence electrons. The lowest BCUT2D eigenvalue weighted by Crippen LogP contribution is -2.25. The van der Waals surface area contributed by atoms with Crippen LogP contribution < -0.4 is 10.6 Å². The predicted molar refractivity (Wildman–Crippen MR) is 137 cm³/mol. The number of hydrogen-bond donors (Lipinski definition) is 3. The van der Waals surface area contributed by atoms with Crippen LogP contribution in [0.4, 0.5) is 10.7 Å². The lowest BCUT2D eigenvalue weighted by Gasteiger charge is -2.16. The highest BCUT2D eigenvalue weighted by Crippen LogP contribution is 2.39. The molecule has 1 atom stereocenters. The second-order valence-corrected chi connectivity index (χ2v) is 10.2. The number of ether oxygens (including phenoxy) is 1. The van der Waals surface area contributed by atoms with Gasteiger partial charge in [0.05, 0.1) is 17.4 Å². The number of carboxylic acid groups (broad SMARTS) is 1. The number of amides is 2. The van der Waals surface area contributed by atoms with Crippen molar-refractivity contribution in [2.75, 3.05) is 17.2 Å². The maximum atomic E-state index is 13.2. The van der Waals surface area contributed by atoms with Gasteiger partial charge in [-0.2, -0.15) is 0 Å². The Morgan fingerprint density at radius 1 is 1.14 bits per heavy atom. The average Bonchev–Trinajstić information content (AvgIpc) is 3.19. The number of thioether (sulfide) groups is 1. The highest BCUT2D eigenvalue weighted by molar-refractivity contribution is 8.00. The molecule has 1 aromatic heterocycles. The molecule has 2 aromatic rings. The average molecular weight is 517 g/mol. The van der Waals surface area contributed by atoms with E-state index in [0.717, 1.165) is 53.2 Å². The Kier molecular flexibility index (Phi) is 9.50. The summed E-state index contributed by atoms with van der Waals surface area (Å²) in [5, 5.41) is 14.3. The summed E-state index contributed by atoms with van der Waals surface area (Å²) in [5.74, 6) is -2.38. The molecule has 0 saturated heterocycles. The number of anilines is 2. The predicted octanol–water partition coefficient (Wildman–Crippen LogP) is 4.89. The molecule has 1 aliphatic rings. The van der Waals surface area contributed by atoms with Gasteiger partial charge < -0.3 is 20.5 Å². The number of carbonyl (C=O) groups is 4. The summed E-state index contributed by atoms with van der Waals surface area (Å²) in [6, 6.07) is 6.98. The molecule has 1 aliphatic carbocycles. The molecule has 8 nitrogen and oxygen atoms in total. The summed E-state index contributed by atoms with van der Waals surface area (Å²) in [5.41, 5.74) is 1.97. The molecule has 1 aromatic carbocycles. The maximum absolute atomic E-state index is 13.2. The summed E-state index contributed by atoms with van der Waals surface area (Å²) in [6.45, 7) is 3.94. The summed E-state index contributed by atoms with van der Waals surface area (Å²) in [4.78, 5) is 50.2. The standard InChI is InChI=1S/C25H28N2O6S2/c1-3-18(34-16-9-7-8-15(14-16)26-20(28)12-13-21(29)30)23(31)27-24-22(25(32)33-4-2)17-10-5-6-11-19(17)35-24/h7-9,12-14,18H,3-6,10-11H2,1-2H3,(H,26,28)(H,27,31)(H,29,30)/b13-12+. The van der Waals surface area contributed by atoms with Crippen LogP contribution >= 0.6 is 23.1 Å². The number of carbonyl (C=O) groups excluding carboxylic acids is 3. The van der Waals surface area contributed by atoms with Crippen LogP contribution in [-0.4, -0.2) is 40.7 Å². The van der Waals surface area contributed by atoms with Crippen LogP contribution in [0.1, 0.15) is 53.9 Å². The highest BCUT2D eigenvalue weighted by atomic mass is 32.2. The fraction of sp³-hybridized carbons (Fsp3) is 0.360. The summed E-state index contributed by atoms with van der Waals surface area (Å²) >= 11 is 2.80. The van der Waals surface area contributed by atoms with Crippen molar-refractivity contribution in [2.45, 2.75) is 56.1 Å². The summed E-state index contributed by atoms with van der Waals surface area (Å²) in [6.07, 6.45) is 6.03. The monoisotopic (exact) mass is 516 g/mol. The Labute approximate surface area is 212 Å². The number of fused-ring (bicyclic) bond motifs is 1. The van der Waals surface area contributed by atoms with Crippen LogP contribution in [0.2, 0.25) is 0 Å². The summed E-state index contributed by atoms with van der Waals surface area (Å²) < 4.78 is 5.27. The molecule has 10 heteroatoms. The van der Waals surface area contributed by atoms with E-state index in [-0.39, 0.29) is 12.5 Å². The number of carboxylic acids is 1. The third kappa shape index (κ3) is 7.19. The van der Waals surface area contributed by atoms with E-state index in [1.54, 1.807) is 25.1 Å². The quantitative estimate of drug-likeness (QED) is 0.233. The number of rotatable bonds is 10. The van der Waals surface area contributed by atoms with Crippen molar-refractivity contribution < 1.29 is 29.0 Å². The minimum Gasteiger partial charge on any atom is -0.478 e. The number of thiophene rings is 1. The molecule has 35 heavy (non-hydrogen) atoms. The number of aliphatic carboxylic acids is 1. The van der Waals surface area contributed by atoms with Crippen molar-refractivity contribution in [3.63, 3.8) is 0 Å². The molecular weight excluding hydrogens is 488 g/mol. The normalized spacial score (nSPS) is 13.7. The molecule has 0 saturated carbocycles. The second-order valence-electron chi connectivity index (χ2n) is 7.83. The van der Waals surface area contributed by atoms with Gasteiger partial charge in [0.25, 0.3) is 0 Å². The molecule has 0 fully saturated rings.